The minimum Gasteiger partial charge on any atom is -0.201 e. The summed E-state index contributed by atoms with van der Waals surface area (Å²) in [7, 11) is -1.38. The topological polar surface area (TPSA) is 37.4 Å². The average molecular weight is 277 g/mol. The Kier molecular flexibility index (Phi) is 4.79. The molecule has 0 aliphatic carbocycles. The van der Waals surface area contributed by atoms with Crippen LogP contribution in [0.2, 0.25) is 0 Å². The Morgan fingerprint density at radius 3 is 2.30 bits per heavy atom. The summed E-state index contributed by atoms with van der Waals surface area (Å²) in [5.41, 5.74) is 0. The van der Waals surface area contributed by atoms with Crippen LogP contribution in [0.3, 0.4) is 0 Å². The molecule has 0 aliphatic heterocycles. The molecule has 0 fully saturated rings. The Labute approximate surface area is 74.4 Å². The number of halogens is 1. The molecule has 0 N–H and O–H groups in total. The summed E-state index contributed by atoms with van der Waals surface area (Å²) >= 11 is 1.44. The van der Waals surface area contributed by atoms with Crippen LogP contribution in [0.4, 0.5) is 0 Å². The number of nitrogens with zero attached hydrogens (tertiary/aromatic N) is 1. The highest BCUT2D eigenvalue weighted by molar-refractivity contribution is 14.2. The summed E-state index contributed by atoms with van der Waals surface area (Å²) in [6, 6.07) is 0. The molecule has 0 aliphatic rings. The molecule has 0 unspecified atom stereocenters. The zero-order valence-electron chi connectivity index (χ0n) is 6.17. The summed E-state index contributed by atoms with van der Waals surface area (Å²) in [6.45, 7) is 2.66. The lowest BCUT2D eigenvalue weighted by molar-refractivity contribution is 0.475. The number of rotatable bonds is 4. The number of hydrogen-bond acceptors (Lipinski definition) is 2. The van der Waals surface area contributed by atoms with Crippen molar-refractivity contribution in [1.82, 2.24) is 4.31 Å². The van der Waals surface area contributed by atoms with Gasteiger partial charge in [0.05, 0.1) is 21.2 Å². The normalized spacial score (nSPS) is 12.4. The van der Waals surface area contributed by atoms with Crippen molar-refractivity contribution in [1.29, 1.82) is 0 Å². The molecule has 0 heterocycles. The van der Waals surface area contributed by atoms with E-state index in [4.69, 9.17) is 0 Å². The lowest BCUT2D eigenvalue weighted by atomic mass is 10.3. The van der Waals surface area contributed by atoms with Gasteiger partial charge in [0.25, 0.3) is 7.19 Å². The van der Waals surface area contributed by atoms with E-state index in [-0.39, 0.29) is 0 Å². The van der Waals surface area contributed by atoms with Gasteiger partial charge in [-0.25, -0.2) is 8.42 Å². The van der Waals surface area contributed by atoms with Gasteiger partial charge in [0, 0.05) is 13.6 Å². The molecule has 0 radical (unpaired) electrons. The number of hydrogen-bond donors (Lipinski definition) is 0. The highest BCUT2D eigenvalue weighted by Gasteiger charge is 2.10. The van der Waals surface area contributed by atoms with Crippen LogP contribution >= 0.6 is 21.2 Å². The molecule has 0 aromatic heterocycles. The second kappa shape index (κ2) is 4.50. The molecule has 0 spiro atoms. The smallest absolute Gasteiger partial charge is 0.201 e. The van der Waals surface area contributed by atoms with E-state index in [1.807, 2.05) is 6.92 Å². The van der Waals surface area contributed by atoms with Crippen molar-refractivity contribution in [3.63, 3.8) is 0 Å². The van der Waals surface area contributed by atoms with Crippen molar-refractivity contribution in [2.75, 3.05) is 13.6 Å². The predicted octanol–water partition coefficient (Wildman–Crippen LogP) is 1.40. The van der Waals surface area contributed by atoms with Crippen LogP contribution in [0, 0.1) is 0 Å². The Morgan fingerprint density at radius 2 is 2.00 bits per heavy atom. The van der Waals surface area contributed by atoms with E-state index in [1.165, 1.54) is 25.5 Å². The van der Waals surface area contributed by atoms with Gasteiger partial charge in [0.15, 0.2) is 0 Å². The summed E-state index contributed by atoms with van der Waals surface area (Å²) in [5.74, 6) is 0. The molecule has 0 aromatic rings. The second-order valence-corrected chi connectivity index (χ2v) is 6.90. The highest BCUT2D eigenvalue weighted by Crippen LogP contribution is 2.07. The Balaban J connectivity index is 3.75. The quantitative estimate of drug-likeness (QED) is 0.575. The van der Waals surface area contributed by atoms with Gasteiger partial charge in [-0.15, -0.1) is 0 Å². The van der Waals surface area contributed by atoms with Crippen molar-refractivity contribution < 1.29 is 8.42 Å². The summed E-state index contributed by atoms with van der Waals surface area (Å²) < 4.78 is 22.9. The van der Waals surface area contributed by atoms with Gasteiger partial charge in [-0.05, 0) is 6.42 Å². The first-order valence-corrected chi connectivity index (χ1v) is 7.12. The summed E-state index contributed by atoms with van der Waals surface area (Å²) in [4.78, 5) is 0. The van der Waals surface area contributed by atoms with Crippen LogP contribution in [-0.4, -0.2) is 26.3 Å². The first kappa shape index (κ1) is 10.6. The Hall–Kier alpha value is 0.640. The van der Waals surface area contributed by atoms with Gasteiger partial charge in [-0.1, -0.05) is 13.3 Å². The van der Waals surface area contributed by atoms with Gasteiger partial charge in [0.1, 0.15) is 0 Å². The summed E-state index contributed by atoms with van der Waals surface area (Å²) in [6.07, 6.45) is 1.95. The maximum absolute atomic E-state index is 10.7. The molecule has 0 saturated carbocycles. The van der Waals surface area contributed by atoms with Crippen molar-refractivity contribution in [2.45, 2.75) is 19.8 Å². The van der Waals surface area contributed by atoms with Gasteiger partial charge in [-0.3, -0.25) is 0 Å². The SMILES string of the molecule is CCCCN(C)S(=O)(=O)I. The summed E-state index contributed by atoms with van der Waals surface area (Å²) in [5, 5.41) is 0. The van der Waals surface area contributed by atoms with E-state index >= 15 is 0 Å². The minimum atomic E-state index is -2.97. The first-order valence-electron chi connectivity index (χ1n) is 3.14. The monoisotopic (exact) mass is 277 g/mol. The molecule has 0 atom stereocenters. The largest absolute Gasteiger partial charge is 0.267 e. The zero-order chi connectivity index (χ0) is 8.20. The zero-order valence-corrected chi connectivity index (χ0v) is 9.15. The molecular formula is C5H12INO2S. The van der Waals surface area contributed by atoms with E-state index in [1.54, 1.807) is 7.05 Å². The third-order valence-corrected chi connectivity index (χ3v) is 4.14. The fourth-order valence-electron chi connectivity index (χ4n) is 0.490. The van der Waals surface area contributed by atoms with Crippen LogP contribution in [-0.2, 0) is 7.19 Å². The average Bonchev–Trinajstić information content (AvgIpc) is 1.80. The minimum absolute atomic E-state index is 0.627. The molecule has 10 heavy (non-hydrogen) atoms. The predicted molar refractivity (Wildman–Crippen MR) is 50.5 cm³/mol. The molecular weight excluding hydrogens is 265 g/mol. The van der Waals surface area contributed by atoms with Crippen molar-refractivity contribution in [3.05, 3.63) is 0 Å². The lowest BCUT2D eigenvalue weighted by Gasteiger charge is -2.10. The van der Waals surface area contributed by atoms with Gasteiger partial charge < -0.3 is 0 Å². The molecule has 62 valence electrons. The highest BCUT2D eigenvalue weighted by atomic mass is 127. The van der Waals surface area contributed by atoms with Crippen LogP contribution in [0.1, 0.15) is 19.8 Å². The van der Waals surface area contributed by atoms with Crippen molar-refractivity contribution in [3.8, 4) is 0 Å². The van der Waals surface area contributed by atoms with E-state index in [2.05, 4.69) is 0 Å². The first-order chi connectivity index (χ1) is 4.48. The van der Waals surface area contributed by atoms with Crippen molar-refractivity contribution in [2.24, 2.45) is 0 Å². The van der Waals surface area contributed by atoms with E-state index in [9.17, 15) is 8.42 Å². The van der Waals surface area contributed by atoms with E-state index in [0.717, 1.165) is 12.8 Å². The van der Waals surface area contributed by atoms with E-state index in [0.29, 0.717) is 6.54 Å². The third-order valence-electron chi connectivity index (χ3n) is 1.20. The number of unbranched alkanes of at least 4 members (excludes halogenated alkanes) is 1. The molecule has 0 bridgehead atoms. The maximum atomic E-state index is 10.7. The fraction of sp³-hybridized carbons (Fsp3) is 1.00. The lowest BCUT2D eigenvalue weighted by Crippen LogP contribution is -2.22. The van der Waals surface area contributed by atoms with Crippen LogP contribution in [0.25, 0.3) is 0 Å². The van der Waals surface area contributed by atoms with Crippen molar-refractivity contribution >= 4 is 28.4 Å². The Bertz CT molecular complexity index is 178. The molecule has 0 aromatic carbocycles. The van der Waals surface area contributed by atoms with Crippen LogP contribution in [0.15, 0.2) is 0 Å². The molecule has 0 saturated heterocycles. The van der Waals surface area contributed by atoms with Crippen LogP contribution in [0.5, 0.6) is 0 Å². The van der Waals surface area contributed by atoms with E-state index < -0.39 is 7.19 Å². The standard InChI is InChI=1S/C5H12INO2S/c1-3-4-5-7(2)10(6,8)9/h3-5H2,1-2H3. The maximum Gasteiger partial charge on any atom is 0.267 e. The van der Waals surface area contributed by atoms with Gasteiger partial charge in [-0.2, -0.15) is 4.31 Å². The second-order valence-electron chi connectivity index (χ2n) is 2.12. The molecule has 0 amide bonds. The Morgan fingerprint density at radius 1 is 1.50 bits per heavy atom. The van der Waals surface area contributed by atoms with Gasteiger partial charge in [0.2, 0.25) is 0 Å². The molecule has 3 nitrogen and oxygen atoms in total. The fourth-order valence-corrected chi connectivity index (χ4v) is 1.43. The molecule has 5 heteroatoms. The molecule has 0 rings (SSSR count). The van der Waals surface area contributed by atoms with Crippen LogP contribution < -0.4 is 0 Å². The van der Waals surface area contributed by atoms with Gasteiger partial charge >= 0.3 is 0 Å². The third kappa shape index (κ3) is 4.45.